The number of hydrogen-bond acceptors (Lipinski definition) is 5. The van der Waals surface area contributed by atoms with Gasteiger partial charge in [0.2, 0.25) is 0 Å². The number of nitrogens with zero attached hydrogens (tertiary/aromatic N) is 2. The van der Waals surface area contributed by atoms with E-state index in [0.29, 0.717) is 12.4 Å². The number of amides is 1. The molecule has 3 heterocycles. The largest absolute Gasteiger partial charge is 0.383 e. The molecule has 0 bridgehead atoms. The number of hydrogen-bond donors (Lipinski definition) is 3. The number of nitrogens with two attached hydrogens (primary N) is 1. The third-order valence-electron chi connectivity index (χ3n) is 5.94. The molecule has 0 aliphatic carbocycles. The standard InChI is InChI=1S/C24H25N5O/c25-23-22(17-3-6-21-18(13-17)7-8-27-24(21)30)14-19(15-28-23)16-1-4-20(5-2-16)29-11-9-26-10-12-29/h1-6,13-15,26H,7-12H2,(H2,25,28)(H,27,30). The lowest BCUT2D eigenvalue weighted by atomic mass is 9.94. The van der Waals surface area contributed by atoms with Crippen molar-refractivity contribution in [1.82, 2.24) is 15.6 Å². The summed E-state index contributed by atoms with van der Waals surface area (Å²) in [5, 5.41) is 6.27. The predicted molar refractivity (Wildman–Crippen MR) is 121 cm³/mol. The molecule has 5 rings (SSSR count). The molecular weight excluding hydrogens is 374 g/mol. The van der Waals surface area contributed by atoms with Crippen LogP contribution in [0.3, 0.4) is 0 Å². The summed E-state index contributed by atoms with van der Waals surface area (Å²) in [6.07, 6.45) is 2.65. The zero-order valence-corrected chi connectivity index (χ0v) is 16.8. The van der Waals surface area contributed by atoms with Crippen LogP contribution in [0.2, 0.25) is 0 Å². The maximum Gasteiger partial charge on any atom is 0.251 e. The minimum absolute atomic E-state index is 0.00720. The van der Waals surface area contributed by atoms with Crippen molar-refractivity contribution in [2.24, 2.45) is 0 Å². The van der Waals surface area contributed by atoms with Crippen LogP contribution >= 0.6 is 0 Å². The normalized spacial score (nSPS) is 16.1. The molecule has 1 amide bonds. The van der Waals surface area contributed by atoms with Crippen LogP contribution in [-0.4, -0.2) is 43.6 Å². The highest BCUT2D eigenvalue weighted by atomic mass is 16.1. The number of nitrogens with one attached hydrogen (secondary N) is 2. The van der Waals surface area contributed by atoms with Gasteiger partial charge in [0.15, 0.2) is 0 Å². The Morgan fingerprint density at radius 1 is 0.867 bits per heavy atom. The molecule has 0 unspecified atom stereocenters. The van der Waals surface area contributed by atoms with E-state index in [4.69, 9.17) is 5.73 Å². The number of benzene rings is 2. The van der Waals surface area contributed by atoms with Gasteiger partial charge in [0, 0.05) is 61.3 Å². The van der Waals surface area contributed by atoms with E-state index < -0.39 is 0 Å². The van der Waals surface area contributed by atoms with E-state index >= 15 is 0 Å². The van der Waals surface area contributed by atoms with Crippen LogP contribution in [0.1, 0.15) is 15.9 Å². The molecule has 1 aromatic heterocycles. The molecular formula is C24H25N5O. The van der Waals surface area contributed by atoms with Gasteiger partial charge in [-0.3, -0.25) is 4.79 Å². The number of piperazine rings is 1. The van der Waals surface area contributed by atoms with E-state index in [1.807, 2.05) is 18.3 Å². The molecule has 3 aromatic rings. The van der Waals surface area contributed by atoms with Crippen molar-refractivity contribution in [2.75, 3.05) is 43.4 Å². The second kappa shape index (κ2) is 7.80. The Morgan fingerprint density at radius 3 is 2.43 bits per heavy atom. The van der Waals surface area contributed by atoms with Gasteiger partial charge >= 0.3 is 0 Å². The first-order chi connectivity index (χ1) is 14.7. The van der Waals surface area contributed by atoms with Gasteiger partial charge in [0.05, 0.1) is 0 Å². The Morgan fingerprint density at radius 2 is 1.63 bits per heavy atom. The Hall–Kier alpha value is -3.38. The first-order valence-electron chi connectivity index (χ1n) is 10.4. The molecule has 0 atom stereocenters. The van der Waals surface area contributed by atoms with Gasteiger partial charge in [-0.2, -0.15) is 0 Å². The molecule has 6 nitrogen and oxygen atoms in total. The summed E-state index contributed by atoms with van der Waals surface area (Å²) < 4.78 is 0. The van der Waals surface area contributed by atoms with Gasteiger partial charge in [-0.15, -0.1) is 0 Å². The summed E-state index contributed by atoms with van der Waals surface area (Å²) in [7, 11) is 0. The topological polar surface area (TPSA) is 83.3 Å². The highest BCUT2D eigenvalue weighted by molar-refractivity contribution is 5.97. The zero-order chi connectivity index (χ0) is 20.5. The molecule has 2 aromatic carbocycles. The van der Waals surface area contributed by atoms with Crippen LogP contribution < -0.4 is 21.3 Å². The highest BCUT2D eigenvalue weighted by Gasteiger charge is 2.18. The second-order valence-electron chi connectivity index (χ2n) is 7.82. The van der Waals surface area contributed by atoms with Crippen molar-refractivity contribution in [3.8, 4) is 22.3 Å². The molecule has 1 fully saturated rings. The van der Waals surface area contributed by atoms with E-state index in [-0.39, 0.29) is 5.91 Å². The van der Waals surface area contributed by atoms with Gasteiger partial charge < -0.3 is 21.3 Å². The van der Waals surface area contributed by atoms with Gasteiger partial charge in [0.25, 0.3) is 5.91 Å². The zero-order valence-electron chi connectivity index (χ0n) is 16.8. The molecule has 4 N–H and O–H groups in total. The number of carbonyl (C=O) groups excluding carboxylic acids is 1. The van der Waals surface area contributed by atoms with Gasteiger partial charge in [-0.25, -0.2) is 4.98 Å². The van der Waals surface area contributed by atoms with E-state index in [1.54, 1.807) is 0 Å². The van der Waals surface area contributed by atoms with Gasteiger partial charge in [-0.1, -0.05) is 24.3 Å². The van der Waals surface area contributed by atoms with Crippen LogP contribution in [0.4, 0.5) is 11.5 Å². The Bertz CT molecular complexity index is 1090. The van der Waals surface area contributed by atoms with Crippen LogP contribution in [0.5, 0.6) is 0 Å². The van der Waals surface area contributed by atoms with Crippen molar-refractivity contribution in [3.63, 3.8) is 0 Å². The third-order valence-corrected chi connectivity index (χ3v) is 5.94. The fourth-order valence-electron chi connectivity index (χ4n) is 4.25. The first-order valence-corrected chi connectivity index (χ1v) is 10.4. The number of nitrogen functional groups attached to an aromatic ring is 1. The fourth-order valence-corrected chi connectivity index (χ4v) is 4.25. The summed E-state index contributed by atoms with van der Waals surface area (Å²) in [5.74, 6) is 0.489. The molecule has 2 aliphatic heterocycles. The van der Waals surface area contributed by atoms with Crippen LogP contribution in [0, 0.1) is 0 Å². The molecule has 6 heteroatoms. The third kappa shape index (κ3) is 3.50. The highest BCUT2D eigenvalue weighted by Crippen LogP contribution is 2.32. The summed E-state index contributed by atoms with van der Waals surface area (Å²) in [6, 6.07) is 16.6. The van der Waals surface area contributed by atoms with Crippen LogP contribution in [-0.2, 0) is 6.42 Å². The quantitative estimate of drug-likeness (QED) is 0.631. The molecule has 30 heavy (non-hydrogen) atoms. The number of anilines is 2. The fraction of sp³-hybridized carbons (Fsp3) is 0.250. The molecule has 0 spiro atoms. The summed E-state index contributed by atoms with van der Waals surface area (Å²) in [6.45, 7) is 4.78. The van der Waals surface area contributed by atoms with Crippen LogP contribution in [0.15, 0.2) is 54.7 Å². The number of aromatic nitrogens is 1. The van der Waals surface area contributed by atoms with Crippen molar-refractivity contribution in [1.29, 1.82) is 0 Å². The summed E-state index contributed by atoms with van der Waals surface area (Å²) in [4.78, 5) is 18.9. The van der Waals surface area contributed by atoms with Crippen molar-refractivity contribution in [2.45, 2.75) is 6.42 Å². The Kier molecular flexibility index (Phi) is 4.85. The van der Waals surface area contributed by atoms with Crippen molar-refractivity contribution in [3.05, 3.63) is 65.9 Å². The number of carbonyl (C=O) groups is 1. The van der Waals surface area contributed by atoms with E-state index in [1.165, 1.54) is 5.69 Å². The number of rotatable bonds is 3. The maximum absolute atomic E-state index is 12.0. The van der Waals surface area contributed by atoms with E-state index in [9.17, 15) is 4.79 Å². The molecule has 2 aliphatic rings. The average molecular weight is 399 g/mol. The van der Waals surface area contributed by atoms with Crippen LogP contribution in [0.25, 0.3) is 22.3 Å². The molecule has 152 valence electrons. The molecule has 1 saturated heterocycles. The van der Waals surface area contributed by atoms with Crippen molar-refractivity contribution < 1.29 is 4.79 Å². The number of pyridine rings is 1. The minimum Gasteiger partial charge on any atom is -0.383 e. The van der Waals surface area contributed by atoms with Gasteiger partial charge in [-0.05, 0) is 47.4 Å². The number of fused-ring (bicyclic) bond motifs is 1. The van der Waals surface area contributed by atoms with Gasteiger partial charge in [0.1, 0.15) is 5.82 Å². The maximum atomic E-state index is 12.0. The van der Waals surface area contributed by atoms with E-state index in [2.05, 4.69) is 56.9 Å². The van der Waals surface area contributed by atoms with Crippen molar-refractivity contribution >= 4 is 17.4 Å². The Labute approximate surface area is 176 Å². The first kappa shape index (κ1) is 18.6. The van der Waals surface area contributed by atoms with E-state index in [0.717, 1.165) is 66.0 Å². The SMILES string of the molecule is Nc1ncc(-c2ccc(N3CCNCC3)cc2)cc1-c1ccc2c(c1)CCNC2=O. The predicted octanol–water partition coefficient (Wildman–Crippen LogP) is 2.69. The smallest absolute Gasteiger partial charge is 0.251 e. The minimum atomic E-state index is -0.00720. The second-order valence-corrected chi connectivity index (χ2v) is 7.82. The Balaban J connectivity index is 1.46. The monoisotopic (exact) mass is 399 g/mol. The summed E-state index contributed by atoms with van der Waals surface area (Å²) >= 11 is 0. The average Bonchev–Trinajstić information content (AvgIpc) is 2.80. The lowest BCUT2D eigenvalue weighted by Crippen LogP contribution is -2.43. The lowest BCUT2D eigenvalue weighted by molar-refractivity contribution is 0.0946. The summed E-state index contributed by atoms with van der Waals surface area (Å²) in [5.41, 5.74) is 13.3. The molecule has 0 saturated carbocycles. The lowest BCUT2D eigenvalue weighted by Gasteiger charge is -2.29. The molecule has 0 radical (unpaired) electrons.